The maximum absolute atomic E-state index is 11.9. The lowest BCUT2D eigenvalue weighted by Crippen LogP contribution is -2.54. The number of nitrogens with two attached hydrogens (primary N) is 1. The molecule has 1 aromatic carbocycles. The lowest BCUT2D eigenvalue weighted by Gasteiger charge is -2.29. The molecule has 0 heterocycles. The minimum absolute atomic E-state index is 0.0174. The van der Waals surface area contributed by atoms with Crippen molar-refractivity contribution in [3.05, 3.63) is 34.4 Å². The molecule has 2 rings (SSSR count). The number of carbonyl (C=O) groups is 1. The smallest absolute Gasteiger partial charge is 0.269 e. The Balaban J connectivity index is 1.84. The zero-order chi connectivity index (χ0) is 15.5. The highest BCUT2D eigenvalue weighted by atomic mass is 16.6. The molecular formula is C14H19N3O4. The van der Waals surface area contributed by atoms with Crippen molar-refractivity contribution in [2.24, 2.45) is 11.7 Å². The van der Waals surface area contributed by atoms with Gasteiger partial charge in [0.05, 0.1) is 10.5 Å². The van der Waals surface area contributed by atoms with Crippen LogP contribution in [0.5, 0.6) is 5.75 Å². The van der Waals surface area contributed by atoms with Gasteiger partial charge in [-0.25, -0.2) is 0 Å². The summed E-state index contributed by atoms with van der Waals surface area (Å²) in [5.74, 6) is 0.607. The number of nitrogens with zero attached hydrogens (tertiary/aromatic N) is 1. The van der Waals surface area contributed by atoms with Gasteiger partial charge in [-0.05, 0) is 37.8 Å². The topological polar surface area (TPSA) is 107 Å². The van der Waals surface area contributed by atoms with Gasteiger partial charge in [0, 0.05) is 18.7 Å². The Morgan fingerprint density at radius 2 is 2.10 bits per heavy atom. The highest BCUT2D eigenvalue weighted by molar-refractivity contribution is 5.78. The van der Waals surface area contributed by atoms with Crippen molar-refractivity contribution >= 4 is 11.6 Å². The van der Waals surface area contributed by atoms with Gasteiger partial charge >= 0.3 is 0 Å². The van der Waals surface area contributed by atoms with Crippen LogP contribution in [0.3, 0.4) is 0 Å². The fourth-order valence-corrected chi connectivity index (χ4v) is 2.21. The molecule has 0 saturated heterocycles. The van der Waals surface area contributed by atoms with Gasteiger partial charge in [-0.1, -0.05) is 0 Å². The number of hydrogen-bond acceptors (Lipinski definition) is 5. The van der Waals surface area contributed by atoms with E-state index in [0.717, 1.165) is 12.8 Å². The van der Waals surface area contributed by atoms with Gasteiger partial charge in [-0.15, -0.1) is 0 Å². The van der Waals surface area contributed by atoms with Gasteiger partial charge in [0.2, 0.25) is 0 Å². The third-order valence-electron chi connectivity index (χ3n) is 3.74. The van der Waals surface area contributed by atoms with E-state index in [1.807, 2.05) is 6.92 Å². The quantitative estimate of drug-likeness (QED) is 0.580. The van der Waals surface area contributed by atoms with Gasteiger partial charge in [-0.2, -0.15) is 0 Å². The minimum atomic E-state index is -0.487. The maximum atomic E-state index is 11.9. The van der Waals surface area contributed by atoms with Gasteiger partial charge in [0.25, 0.3) is 11.6 Å². The second kappa shape index (κ2) is 6.09. The standard InChI is InChI=1S/C14H19N3O4/c1-14(9-15,10-2-3-10)16-13(18)8-21-12-6-4-11(5-7-12)17(19)20/h4-7,10H,2-3,8-9,15H2,1H3,(H,16,18). The largest absolute Gasteiger partial charge is 0.484 e. The number of carbonyl (C=O) groups excluding carboxylic acids is 1. The van der Waals surface area contributed by atoms with E-state index in [1.165, 1.54) is 24.3 Å². The Labute approximate surface area is 122 Å². The van der Waals surface area contributed by atoms with E-state index in [2.05, 4.69) is 5.32 Å². The second-order valence-electron chi connectivity index (χ2n) is 5.48. The Kier molecular flexibility index (Phi) is 4.42. The number of rotatable bonds is 7. The fourth-order valence-electron chi connectivity index (χ4n) is 2.21. The molecule has 1 atom stereocenters. The molecule has 1 amide bonds. The van der Waals surface area contributed by atoms with E-state index in [0.29, 0.717) is 18.2 Å². The number of benzene rings is 1. The van der Waals surface area contributed by atoms with Crippen molar-refractivity contribution in [2.75, 3.05) is 13.2 Å². The first-order valence-corrected chi connectivity index (χ1v) is 6.83. The van der Waals surface area contributed by atoms with Gasteiger partial charge in [0.15, 0.2) is 6.61 Å². The first kappa shape index (κ1) is 15.2. The predicted molar refractivity (Wildman–Crippen MR) is 76.9 cm³/mol. The van der Waals surface area contributed by atoms with E-state index in [9.17, 15) is 14.9 Å². The third kappa shape index (κ3) is 3.91. The molecule has 7 heteroatoms. The summed E-state index contributed by atoms with van der Waals surface area (Å²) in [6, 6.07) is 5.60. The zero-order valence-corrected chi connectivity index (χ0v) is 11.9. The van der Waals surface area contributed by atoms with Crippen LogP contribution < -0.4 is 15.8 Å². The van der Waals surface area contributed by atoms with E-state index in [4.69, 9.17) is 10.5 Å². The number of nitrogens with one attached hydrogen (secondary N) is 1. The Morgan fingerprint density at radius 3 is 2.57 bits per heavy atom. The van der Waals surface area contributed by atoms with Crippen LogP contribution in [0.15, 0.2) is 24.3 Å². The Morgan fingerprint density at radius 1 is 1.48 bits per heavy atom. The molecule has 0 aromatic heterocycles. The van der Waals surface area contributed by atoms with Crippen LogP contribution in [-0.2, 0) is 4.79 Å². The van der Waals surface area contributed by atoms with Crippen LogP contribution in [0.2, 0.25) is 0 Å². The molecule has 1 unspecified atom stereocenters. The first-order valence-electron chi connectivity index (χ1n) is 6.83. The molecule has 0 aliphatic heterocycles. The molecule has 21 heavy (non-hydrogen) atoms. The molecule has 1 aromatic rings. The minimum Gasteiger partial charge on any atom is -0.484 e. The van der Waals surface area contributed by atoms with Gasteiger partial charge < -0.3 is 15.8 Å². The summed E-state index contributed by atoms with van der Waals surface area (Å²) in [6.07, 6.45) is 2.16. The highest BCUT2D eigenvalue weighted by Crippen LogP contribution is 2.38. The first-order chi connectivity index (χ1) is 9.94. The normalized spacial score (nSPS) is 16.9. The molecule has 0 spiro atoms. The summed E-state index contributed by atoms with van der Waals surface area (Å²) in [6.45, 7) is 2.19. The summed E-state index contributed by atoms with van der Waals surface area (Å²) >= 11 is 0. The monoisotopic (exact) mass is 293 g/mol. The van der Waals surface area contributed by atoms with E-state index in [1.54, 1.807) is 0 Å². The number of nitro groups is 1. The van der Waals surface area contributed by atoms with Crippen molar-refractivity contribution in [3.63, 3.8) is 0 Å². The van der Waals surface area contributed by atoms with Crippen LogP contribution in [-0.4, -0.2) is 29.5 Å². The van der Waals surface area contributed by atoms with Crippen LogP contribution >= 0.6 is 0 Å². The van der Waals surface area contributed by atoms with Gasteiger partial charge in [-0.3, -0.25) is 14.9 Å². The average Bonchev–Trinajstić information content (AvgIpc) is 3.30. The SMILES string of the molecule is CC(CN)(NC(=O)COc1ccc([N+](=O)[O-])cc1)C1CC1. The summed E-state index contributed by atoms with van der Waals surface area (Å²) in [5, 5.41) is 13.4. The number of ether oxygens (including phenoxy) is 1. The maximum Gasteiger partial charge on any atom is 0.269 e. The third-order valence-corrected chi connectivity index (χ3v) is 3.74. The van der Waals surface area contributed by atoms with Crippen molar-refractivity contribution in [2.45, 2.75) is 25.3 Å². The van der Waals surface area contributed by atoms with Crippen LogP contribution in [0, 0.1) is 16.0 Å². The fraction of sp³-hybridized carbons (Fsp3) is 0.500. The van der Waals surface area contributed by atoms with Crippen molar-refractivity contribution in [1.29, 1.82) is 0 Å². The Bertz CT molecular complexity index is 528. The zero-order valence-electron chi connectivity index (χ0n) is 11.9. The average molecular weight is 293 g/mol. The molecule has 1 saturated carbocycles. The molecule has 1 fully saturated rings. The molecule has 3 N–H and O–H groups in total. The predicted octanol–water partition coefficient (Wildman–Crippen LogP) is 1.22. The van der Waals surface area contributed by atoms with Crippen LogP contribution in [0.4, 0.5) is 5.69 Å². The number of amides is 1. The van der Waals surface area contributed by atoms with Crippen molar-refractivity contribution in [1.82, 2.24) is 5.32 Å². The highest BCUT2D eigenvalue weighted by Gasteiger charge is 2.41. The van der Waals surface area contributed by atoms with E-state index >= 15 is 0 Å². The summed E-state index contributed by atoms with van der Waals surface area (Å²) in [7, 11) is 0. The molecular weight excluding hydrogens is 274 g/mol. The summed E-state index contributed by atoms with van der Waals surface area (Å²) < 4.78 is 5.32. The lowest BCUT2D eigenvalue weighted by atomic mass is 9.96. The Hall–Kier alpha value is -2.15. The van der Waals surface area contributed by atoms with Gasteiger partial charge in [0.1, 0.15) is 5.75 Å². The van der Waals surface area contributed by atoms with E-state index < -0.39 is 4.92 Å². The molecule has 1 aliphatic carbocycles. The van der Waals surface area contributed by atoms with Crippen LogP contribution in [0.25, 0.3) is 0 Å². The number of nitro benzene ring substituents is 1. The van der Waals surface area contributed by atoms with Crippen molar-refractivity contribution in [3.8, 4) is 5.75 Å². The molecule has 0 bridgehead atoms. The summed E-state index contributed by atoms with van der Waals surface area (Å²) in [4.78, 5) is 21.9. The molecule has 114 valence electrons. The number of hydrogen-bond donors (Lipinski definition) is 2. The molecule has 7 nitrogen and oxygen atoms in total. The molecule has 0 radical (unpaired) electrons. The lowest BCUT2D eigenvalue weighted by molar-refractivity contribution is -0.384. The van der Waals surface area contributed by atoms with E-state index in [-0.39, 0.29) is 23.7 Å². The van der Waals surface area contributed by atoms with Crippen molar-refractivity contribution < 1.29 is 14.5 Å². The second-order valence-corrected chi connectivity index (χ2v) is 5.48. The van der Waals surface area contributed by atoms with Crippen LogP contribution in [0.1, 0.15) is 19.8 Å². The number of non-ortho nitro benzene ring substituents is 1. The molecule has 1 aliphatic rings. The summed E-state index contributed by atoms with van der Waals surface area (Å²) in [5.41, 5.74) is 5.33.